The van der Waals surface area contributed by atoms with Crippen LogP contribution in [0.3, 0.4) is 0 Å². The zero-order chi connectivity index (χ0) is 13.9. The smallest absolute Gasteiger partial charge is 0.233 e. The Labute approximate surface area is 115 Å². The van der Waals surface area contributed by atoms with E-state index in [-0.39, 0.29) is 11.9 Å². The SMILES string of the molecule is CC(C)CC(CN(C)C)NC(=O)C1(C(N)=S)CC1. The number of hydrogen-bond acceptors (Lipinski definition) is 3. The van der Waals surface area contributed by atoms with E-state index in [4.69, 9.17) is 18.0 Å². The maximum absolute atomic E-state index is 12.2. The highest BCUT2D eigenvalue weighted by Crippen LogP contribution is 2.46. The molecule has 0 aromatic heterocycles. The fourth-order valence-electron chi connectivity index (χ4n) is 2.22. The van der Waals surface area contributed by atoms with Gasteiger partial charge in [-0.1, -0.05) is 26.1 Å². The van der Waals surface area contributed by atoms with E-state index < -0.39 is 5.41 Å². The molecule has 1 aliphatic carbocycles. The Bertz CT molecular complexity index is 314. The Morgan fingerprint density at radius 2 is 2.00 bits per heavy atom. The number of nitrogens with two attached hydrogens (primary N) is 1. The van der Waals surface area contributed by atoms with Gasteiger partial charge in [0.2, 0.25) is 5.91 Å². The largest absolute Gasteiger partial charge is 0.392 e. The van der Waals surface area contributed by atoms with Crippen molar-refractivity contribution in [1.29, 1.82) is 0 Å². The lowest BCUT2D eigenvalue weighted by Gasteiger charge is -2.26. The van der Waals surface area contributed by atoms with Gasteiger partial charge in [0, 0.05) is 12.6 Å². The summed E-state index contributed by atoms with van der Waals surface area (Å²) in [5.74, 6) is 0.567. The molecule has 0 aromatic carbocycles. The maximum atomic E-state index is 12.2. The molecule has 1 amide bonds. The molecule has 1 unspecified atom stereocenters. The Balaban J connectivity index is 2.60. The number of thiocarbonyl (C=S) groups is 1. The van der Waals surface area contributed by atoms with E-state index in [1.54, 1.807) is 0 Å². The van der Waals surface area contributed by atoms with Gasteiger partial charge >= 0.3 is 0 Å². The predicted octanol–water partition coefficient (Wildman–Crippen LogP) is 1.15. The van der Waals surface area contributed by atoms with E-state index in [1.165, 1.54) is 0 Å². The van der Waals surface area contributed by atoms with Crippen LogP contribution in [0.2, 0.25) is 0 Å². The molecule has 0 bridgehead atoms. The summed E-state index contributed by atoms with van der Waals surface area (Å²) >= 11 is 5.01. The van der Waals surface area contributed by atoms with Crippen molar-refractivity contribution in [1.82, 2.24) is 10.2 Å². The van der Waals surface area contributed by atoms with Crippen LogP contribution in [-0.2, 0) is 4.79 Å². The number of nitrogens with zero attached hydrogens (tertiary/aromatic N) is 1. The Morgan fingerprint density at radius 3 is 2.33 bits per heavy atom. The fraction of sp³-hybridized carbons (Fsp3) is 0.846. The highest BCUT2D eigenvalue weighted by atomic mass is 32.1. The lowest BCUT2D eigenvalue weighted by atomic mass is 10.0. The Kier molecular flexibility index (Phi) is 5.10. The first-order valence-corrected chi connectivity index (χ1v) is 6.94. The number of likely N-dealkylation sites (N-methyl/N-ethyl adjacent to an activating group) is 1. The van der Waals surface area contributed by atoms with Crippen molar-refractivity contribution in [3.05, 3.63) is 0 Å². The molecule has 1 atom stereocenters. The first kappa shape index (κ1) is 15.4. The van der Waals surface area contributed by atoms with E-state index in [9.17, 15) is 4.79 Å². The van der Waals surface area contributed by atoms with Gasteiger partial charge in [0.15, 0.2) is 0 Å². The molecule has 0 aliphatic heterocycles. The summed E-state index contributed by atoms with van der Waals surface area (Å²) in [4.78, 5) is 14.7. The Morgan fingerprint density at radius 1 is 1.44 bits per heavy atom. The molecular weight excluding hydrogens is 246 g/mol. The van der Waals surface area contributed by atoms with Crippen LogP contribution in [0.5, 0.6) is 0 Å². The summed E-state index contributed by atoms with van der Waals surface area (Å²) in [6, 6.07) is 0.166. The van der Waals surface area contributed by atoms with Gasteiger partial charge in [0.25, 0.3) is 0 Å². The standard InChI is InChI=1S/C13H25N3OS/c1-9(2)7-10(8-16(3)4)15-12(17)13(5-6-13)11(14)18/h9-10H,5-8H2,1-4H3,(H2,14,18)(H,15,17). The molecule has 1 aliphatic rings. The van der Waals surface area contributed by atoms with Crippen LogP contribution in [-0.4, -0.2) is 42.5 Å². The summed E-state index contributed by atoms with van der Waals surface area (Å²) in [5.41, 5.74) is 5.13. The summed E-state index contributed by atoms with van der Waals surface area (Å²) in [7, 11) is 4.03. The second-order valence-corrected chi connectivity index (χ2v) is 6.45. The van der Waals surface area contributed by atoms with Crippen LogP contribution in [0.15, 0.2) is 0 Å². The highest BCUT2D eigenvalue weighted by molar-refractivity contribution is 7.80. The first-order valence-electron chi connectivity index (χ1n) is 6.53. The van der Waals surface area contributed by atoms with Gasteiger partial charge in [0.05, 0.1) is 10.4 Å². The molecule has 5 heteroatoms. The topological polar surface area (TPSA) is 58.4 Å². The molecule has 1 saturated carbocycles. The van der Waals surface area contributed by atoms with Crippen molar-refractivity contribution in [2.24, 2.45) is 17.1 Å². The van der Waals surface area contributed by atoms with Crippen LogP contribution in [0.1, 0.15) is 33.1 Å². The van der Waals surface area contributed by atoms with Crippen molar-refractivity contribution < 1.29 is 4.79 Å². The van der Waals surface area contributed by atoms with Crippen molar-refractivity contribution in [2.45, 2.75) is 39.2 Å². The quantitative estimate of drug-likeness (QED) is 0.682. The zero-order valence-electron chi connectivity index (χ0n) is 11.8. The average molecular weight is 271 g/mol. The first-order chi connectivity index (χ1) is 8.28. The number of carbonyl (C=O) groups excluding carboxylic acids is 1. The van der Waals surface area contributed by atoms with Crippen LogP contribution >= 0.6 is 12.2 Å². The number of nitrogens with one attached hydrogen (secondary N) is 1. The lowest BCUT2D eigenvalue weighted by molar-refractivity contribution is -0.124. The molecule has 0 saturated heterocycles. The summed E-state index contributed by atoms with van der Waals surface area (Å²) in [6.07, 6.45) is 2.56. The zero-order valence-corrected chi connectivity index (χ0v) is 12.6. The lowest BCUT2D eigenvalue weighted by Crippen LogP contribution is -2.48. The van der Waals surface area contributed by atoms with E-state index in [1.807, 2.05) is 14.1 Å². The van der Waals surface area contributed by atoms with E-state index >= 15 is 0 Å². The van der Waals surface area contributed by atoms with Gasteiger partial charge in [-0.3, -0.25) is 4.79 Å². The van der Waals surface area contributed by atoms with Crippen molar-refractivity contribution in [2.75, 3.05) is 20.6 Å². The summed E-state index contributed by atoms with van der Waals surface area (Å²) in [6.45, 7) is 5.17. The average Bonchev–Trinajstić information content (AvgIpc) is 2.94. The molecule has 0 spiro atoms. The molecule has 4 nitrogen and oxygen atoms in total. The second kappa shape index (κ2) is 5.97. The van der Waals surface area contributed by atoms with Gasteiger partial charge in [-0.05, 0) is 39.3 Å². The predicted molar refractivity (Wildman–Crippen MR) is 78.4 cm³/mol. The molecule has 18 heavy (non-hydrogen) atoms. The summed E-state index contributed by atoms with van der Waals surface area (Å²) < 4.78 is 0. The molecule has 1 rings (SSSR count). The minimum Gasteiger partial charge on any atom is -0.392 e. The molecule has 0 heterocycles. The number of amides is 1. The molecule has 0 radical (unpaired) electrons. The van der Waals surface area contributed by atoms with E-state index in [2.05, 4.69) is 24.1 Å². The fourth-order valence-corrected chi connectivity index (χ4v) is 2.52. The van der Waals surface area contributed by atoms with Crippen LogP contribution < -0.4 is 11.1 Å². The molecule has 1 fully saturated rings. The van der Waals surface area contributed by atoms with Gasteiger partial charge in [-0.15, -0.1) is 0 Å². The van der Waals surface area contributed by atoms with Gasteiger partial charge < -0.3 is 16.0 Å². The van der Waals surface area contributed by atoms with Gasteiger partial charge in [0.1, 0.15) is 0 Å². The second-order valence-electron chi connectivity index (χ2n) is 6.01. The van der Waals surface area contributed by atoms with Crippen molar-refractivity contribution in [3.8, 4) is 0 Å². The maximum Gasteiger partial charge on any atom is 0.233 e. The molecule has 104 valence electrons. The Hall–Kier alpha value is -0.680. The normalized spacial score (nSPS) is 18.8. The number of carbonyl (C=O) groups is 1. The minimum atomic E-state index is -0.545. The summed E-state index contributed by atoms with van der Waals surface area (Å²) in [5, 5.41) is 3.12. The highest BCUT2D eigenvalue weighted by Gasteiger charge is 2.53. The number of rotatable bonds is 7. The van der Waals surface area contributed by atoms with Crippen LogP contribution in [0.25, 0.3) is 0 Å². The minimum absolute atomic E-state index is 0.0162. The van der Waals surface area contributed by atoms with Crippen LogP contribution in [0.4, 0.5) is 0 Å². The third-order valence-corrected chi connectivity index (χ3v) is 3.72. The molecular formula is C13H25N3OS. The van der Waals surface area contributed by atoms with Crippen molar-refractivity contribution in [3.63, 3.8) is 0 Å². The van der Waals surface area contributed by atoms with Crippen LogP contribution in [0, 0.1) is 11.3 Å². The van der Waals surface area contributed by atoms with E-state index in [0.29, 0.717) is 10.9 Å². The van der Waals surface area contributed by atoms with Gasteiger partial charge in [-0.25, -0.2) is 0 Å². The van der Waals surface area contributed by atoms with E-state index in [0.717, 1.165) is 25.8 Å². The van der Waals surface area contributed by atoms with Crippen molar-refractivity contribution >= 4 is 23.1 Å². The third-order valence-electron chi connectivity index (χ3n) is 3.33. The monoisotopic (exact) mass is 271 g/mol. The third kappa shape index (κ3) is 3.92. The number of hydrogen-bond donors (Lipinski definition) is 2. The molecule has 3 N–H and O–H groups in total. The molecule has 0 aromatic rings. The van der Waals surface area contributed by atoms with Gasteiger partial charge in [-0.2, -0.15) is 0 Å².